The van der Waals surface area contributed by atoms with Gasteiger partial charge in [-0.05, 0) is 30.3 Å². The molecule has 2 aliphatic heterocycles. The van der Waals surface area contributed by atoms with Crippen LogP contribution in [0.15, 0.2) is 36.5 Å². The molecule has 148 valence electrons. The third-order valence-electron chi connectivity index (χ3n) is 5.76. The van der Waals surface area contributed by atoms with Gasteiger partial charge in [0.25, 0.3) is 5.91 Å². The van der Waals surface area contributed by atoms with Crippen LogP contribution >= 0.6 is 23.2 Å². The zero-order chi connectivity index (χ0) is 20.2. The number of ketones is 1. The number of benzene rings is 2. The number of Topliss-reactive ketones (excluding diaryl/α,β-unsaturated/α-hetero) is 1. The van der Waals surface area contributed by atoms with Gasteiger partial charge in [0, 0.05) is 41.9 Å². The third-order valence-corrected chi connectivity index (χ3v) is 6.29. The van der Waals surface area contributed by atoms with Crippen LogP contribution in [0.3, 0.4) is 0 Å². The monoisotopic (exact) mass is 429 g/mol. The van der Waals surface area contributed by atoms with E-state index in [-0.39, 0.29) is 11.7 Å². The number of ether oxygens (including phenoxy) is 1. The molecule has 0 aliphatic carbocycles. The second kappa shape index (κ2) is 6.75. The number of nitrogens with zero attached hydrogens (tertiary/aromatic N) is 2. The number of aromatic amines is 1. The number of carbonyl (C=O) groups excluding carboxylic acids is 2. The summed E-state index contributed by atoms with van der Waals surface area (Å²) in [5.41, 5.74) is 1.21. The van der Waals surface area contributed by atoms with Crippen molar-refractivity contribution in [3.8, 4) is 5.75 Å². The van der Waals surface area contributed by atoms with Crippen molar-refractivity contribution in [2.24, 2.45) is 0 Å². The van der Waals surface area contributed by atoms with Gasteiger partial charge in [-0.15, -0.1) is 0 Å². The average Bonchev–Trinajstić information content (AvgIpc) is 3.18. The number of hydrogen-bond acceptors (Lipinski definition) is 4. The van der Waals surface area contributed by atoms with Crippen molar-refractivity contribution in [1.82, 2.24) is 15.1 Å². The van der Waals surface area contributed by atoms with Gasteiger partial charge in [0.05, 0.1) is 28.7 Å². The molecular weight excluding hydrogens is 413 g/mol. The van der Waals surface area contributed by atoms with Crippen molar-refractivity contribution >= 4 is 45.8 Å². The Labute approximate surface area is 176 Å². The number of H-pyrrole nitrogens is 1. The van der Waals surface area contributed by atoms with Gasteiger partial charge in [-0.25, -0.2) is 0 Å². The molecule has 1 amide bonds. The molecule has 1 spiro atoms. The first-order valence-electron chi connectivity index (χ1n) is 9.38. The molecule has 1 aromatic heterocycles. The summed E-state index contributed by atoms with van der Waals surface area (Å²) >= 11 is 12.3. The van der Waals surface area contributed by atoms with Crippen LogP contribution in [-0.4, -0.2) is 45.5 Å². The Bertz CT molecular complexity index is 1150. The highest BCUT2D eigenvalue weighted by atomic mass is 35.5. The van der Waals surface area contributed by atoms with Gasteiger partial charge in [0.15, 0.2) is 5.78 Å². The Morgan fingerprint density at radius 1 is 1.17 bits per heavy atom. The van der Waals surface area contributed by atoms with Crippen LogP contribution in [0.1, 0.15) is 40.0 Å². The molecule has 6 nitrogen and oxygen atoms in total. The number of halogens is 2. The number of likely N-dealkylation sites (tertiary alicyclic amines) is 1. The number of rotatable bonds is 1. The maximum atomic E-state index is 13.0. The van der Waals surface area contributed by atoms with E-state index in [1.54, 1.807) is 41.4 Å². The van der Waals surface area contributed by atoms with Gasteiger partial charge in [0.1, 0.15) is 11.4 Å². The number of hydrogen-bond donors (Lipinski definition) is 1. The summed E-state index contributed by atoms with van der Waals surface area (Å²) < 4.78 is 6.23. The fourth-order valence-electron chi connectivity index (χ4n) is 4.18. The van der Waals surface area contributed by atoms with E-state index in [4.69, 9.17) is 27.9 Å². The lowest BCUT2D eigenvalue weighted by Crippen LogP contribution is -2.52. The van der Waals surface area contributed by atoms with Gasteiger partial charge >= 0.3 is 0 Å². The standard InChI is InChI=1S/C21H17Cl2N3O3/c22-14-1-2-18-15(9-14)17(27)10-21(29-18)3-5-26(6-4-21)20(28)12-7-13-11-24-25-19(13)16(23)8-12/h1-2,7-9,11H,3-6,10H2,(H,24,25). The predicted octanol–water partition coefficient (Wildman–Crippen LogP) is 4.51. The second-order valence-electron chi connectivity index (χ2n) is 7.61. The minimum atomic E-state index is -0.569. The molecule has 1 N–H and O–H groups in total. The summed E-state index contributed by atoms with van der Waals surface area (Å²) in [4.78, 5) is 27.4. The third kappa shape index (κ3) is 3.16. The zero-order valence-corrected chi connectivity index (χ0v) is 16.9. The molecule has 5 rings (SSSR count). The topological polar surface area (TPSA) is 75.3 Å². The van der Waals surface area contributed by atoms with E-state index in [9.17, 15) is 9.59 Å². The van der Waals surface area contributed by atoms with Crippen LogP contribution in [0, 0.1) is 0 Å². The molecular formula is C21H17Cl2N3O3. The summed E-state index contributed by atoms with van der Waals surface area (Å²) in [6.07, 6.45) is 3.13. The lowest BCUT2D eigenvalue weighted by atomic mass is 9.82. The Hall–Kier alpha value is -2.57. The quantitative estimate of drug-likeness (QED) is 0.617. The van der Waals surface area contributed by atoms with Crippen LogP contribution in [-0.2, 0) is 0 Å². The molecule has 1 fully saturated rings. The number of nitrogens with one attached hydrogen (secondary N) is 1. The van der Waals surface area contributed by atoms with Crippen LogP contribution < -0.4 is 4.74 Å². The molecule has 0 bridgehead atoms. The molecule has 0 saturated carbocycles. The molecule has 0 radical (unpaired) electrons. The Kier molecular flexibility index (Phi) is 4.29. The summed E-state index contributed by atoms with van der Waals surface area (Å²) in [7, 11) is 0. The van der Waals surface area contributed by atoms with Crippen LogP contribution in [0.5, 0.6) is 5.75 Å². The molecule has 3 aromatic rings. The molecule has 0 unspecified atom stereocenters. The largest absolute Gasteiger partial charge is 0.486 e. The lowest BCUT2D eigenvalue weighted by molar-refractivity contribution is -0.00570. The van der Waals surface area contributed by atoms with E-state index < -0.39 is 5.60 Å². The fraction of sp³-hybridized carbons (Fsp3) is 0.286. The predicted molar refractivity (Wildman–Crippen MR) is 110 cm³/mol. The first-order chi connectivity index (χ1) is 13.9. The van der Waals surface area contributed by atoms with Crippen molar-refractivity contribution in [3.05, 3.63) is 57.7 Å². The maximum absolute atomic E-state index is 13.0. The minimum absolute atomic E-state index is 0.0331. The summed E-state index contributed by atoms with van der Waals surface area (Å²) in [6.45, 7) is 1.02. The van der Waals surface area contributed by atoms with Crippen LogP contribution in [0.4, 0.5) is 0 Å². The molecule has 29 heavy (non-hydrogen) atoms. The number of carbonyl (C=O) groups is 2. The molecule has 8 heteroatoms. The van der Waals surface area contributed by atoms with Crippen molar-refractivity contribution < 1.29 is 14.3 Å². The van der Waals surface area contributed by atoms with Crippen molar-refractivity contribution in [1.29, 1.82) is 0 Å². The van der Waals surface area contributed by atoms with Crippen molar-refractivity contribution in [2.45, 2.75) is 24.9 Å². The molecule has 0 atom stereocenters. The second-order valence-corrected chi connectivity index (χ2v) is 8.45. The SMILES string of the molecule is O=C1CC2(CCN(C(=O)c3cc(Cl)c4[nH]ncc4c3)CC2)Oc2ccc(Cl)cc21. The van der Waals surface area contributed by atoms with Gasteiger partial charge in [-0.1, -0.05) is 23.2 Å². The van der Waals surface area contributed by atoms with Crippen LogP contribution in [0.2, 0.25) is 10.0 Å². The normalized spacial score (nSPS) is 18.0. The minimum Gasteiger partial charge on any atom is -0.486 e. The lowest BCUT2D eigenvalue weighted by Gasteiger charge is -2.44. The maximum Gasteiger partial charge on any atom is 0.253 e. The Balaban J connectivity index is 1.34. The summed E-state index contributed by atoms with van der Waals surface area (Å²) in [5.74, 6) is 0.521. The van der Waals surface area contributed by atoms with E-state index in [0.717, 1.165) is 5.39 Å². The molecule has 1 saturated heterocycles. The number of amides is 1. The Morgan fingerprint density at radius 3 is 2.76 bits per heavy atom. The highest BCUT2D eigenvalue weighted by Gasteiger charge is 2.43. The molecule has 2 aliphatic rings. The highest BCUT2D eigenvalue weighted by Crippen LogP contribution is 2.40. The number of fused-ring (bicyclic) bond motifs is 2. The van der Waals surface area contributed by atoms with Crippen molar-refractivity contribution in [2.75, 3.05) is 13.1 Å². The average molecular weight is 430 g/mol. The van der Waals surface area contributed by atoms with E-state index in [1.165, 1.54) is 0 Å². The van der Waals surface area contributed by atoms with E-state index >= 15 is 0 Å². The molecule has 2 aromatic carbocycles. The summed E-state index contributed by atoms with van der Waals surface area (Å²) in [5, 5.41) is 8.58. The smallest absolute Gasteiger partial charge is 0.253 e. The van der Waals surface area contributed by atoms with E-state index in [0.29, 0.717) is 64.8 Å². The van der Waals surface area contributed by atoms with Crippen LogP contribution in [0.25, 0.3) is 10.9 Å². The first kappa shape index (κ1) is 18.5. The summed E-state index contributed by atoms with van der Waals surface area (Å²) in [6, 6.07) is 8.57. The van der Waals surface area contributed by atoms with E-state index in [1.807, 2.05) is 0 Å². The Morgan fingerprint density at radius 2 is 1.97 bits per heavy atom. The number of piperidine rings is 1. The number of aromatic nitrogens is 2. The zero-order valence-electron chi connectivity index (χ0n) is 15.4. The van der Waals surface area contributed by atoms with Gasteiger partial charge < -0.3 is 9.64 Å². The van der Waals surface area contributed by atoms with Gasteiger partial charge in [0.2, 0.25) is 0 Å². The fourth-order valence-corrected chi connectivity index (χ4v) is 4.62. The van der Waals surface area contributed by atoms with Gasteiger partial charge in [-0.3, -0.25) is 14.7 Å². The molecule has 3 heterocycles. The van der Waals surface area contributed by atoms with Crippen molar-refractivity contribution in [3.63, 3.8) is 0 Å². The highest BCUT2D eigenvalue weighted by molar-refractivity contribution is 6.35. The van der Waals surface area contributed by atoms with Gasteiger partial charge in [-0.2, -0.15) is 5.10 Å². The van der Waals surface area contributed by atoms with E-state index in [2.05, 4.69) is 10.2 Å². The first-order valence-corrected chi connectivity index (χ1v) is 10.1.